The first-order valence-corrected chi connectivity index (χ1v) is 14.7. The van der Waals surface area contributed by atoms with Gasteiger partial charge in [-0.1, -0.05) is 56.4 Å². The monoisotopic (exact) mass is 534 g/mol. The molecule has 1 aliphatic heterocycles. The smallest absolute Gasteiger partial charge is 0.224 e. The molecule has 3 heterocycles. The fraction of sp³-hybridized carbons (Fsp3) is 0.394. The predicted octanol–water partition coefficient (Wildman–Crippen LogP) is 6.31. The van der Waals surface area contributed by atoms with E-state index >= 15 is 0 Å². The Labute approximate surface area is 236 Å². The van der Waals surface area contributed by atoms with Crippen LogP contribution in [0.2, 0.25) is 0 Å². The number of anilines is 2. The number of amides is 1. The molecule has 1 amide bonds. The fourth-order valence-electron chi connectivity index (χ4n) is 6.00. The second-order valence-corrected chi connectivity index (χ2v) is 11.2. The maximum Gasteiger partial charge on any atom is 0.224 e. The van der Waals surface area contributed by atoms with Gasteiger partial charge in [0.25, 0.3) is 0 Å². The summed E-state index contributed by atoms with van der Waals surface area (Å²) in [5.41, 5.74) is 6.08. The first-order valence-electron chi connectivity index (χ1n) is 14.7. The number of aromatic nitrogens is 3. The van der Waals surface area contributed by atoms with Gasteiger partial charge in [0, 0.05) is 57.2 Å². The minimum atomic E-state index is 0.115. The van der Waals surface area contributed by atoms with E-state index in [2.05, 4.69) is 50.4 Å². The maximum atomic E-state index is 12.5. The number of pyridine rings is 1. The molecule has 0 radical (unpaired) electrons. The van der Waals surface area contributed by atoms with Crippen LogP contribution in [-0.2, 0) is 11.3 Å². The summed E-state index contributed by atoms with van der Waals surface area (Å²) in [5.74, 6) is 1.77. The van der Waals surface area contributed by atoms with Gasteiger partial charge in [-0.25, -0.2) is 4.98 Å². The predicted molar refractivity (Wildman–Crippen MR) is 161 cm³/mol. The third kappa shape index (κ3) is 6.65. The molecule has 1 N–H and O–H groups in total. The van der Waals surface area contributed by atoms with Gasteiger partial charge in [0.05, 0.1) is 17.2 Å². The van der Waals surface area contributed by atoms with Crippen LogP contribution in [0.3, 0.4) is 0 Å². The highest BCUT2D eigenvalue weighted by molar-refractivity contribution is 5.91. The molecule has 7 nitrogen and oxygen atoms in total. The number of piperazine rings is 1. The molecule has 40 heavy (non-hydrogen) atoms. The lowest BCUT2D eigenvalue weighted by Crippen LogP contribution is -2.46. The highest BCUT2D eigenvalue weighted by Gasteiger charge is 2.19. The van der Waals surface area contributed by atoms with E-state index in [-0.39, 0.29) is 5.91 Å². The number of rotatable bonds is 8. The summed E-state index contributed by atoms with van der Waals surface area (Å²) in [5, 5.41) is 3.08. The average Bonchev–Trinajstić information content (AvgIpc) is 3.01. The molecule has 206 valence electrons. The van der Waals surface area contributed by atoms with Crippen molar-refractivity contribution >= 4 is 28.4 Å². The van der Waals surface area contributed by atoms with Gasteiger partial charge in [0.1, 0.15) is 5.82 Å². The Bertz CT molecular complexity index is 1410. The van der Waals surface area contributed by atoms with Gasteiger partial charge in [0.2, 0.25) is 5.91 Å². The summed E-state index contributed by atoms with van der Waals surface area (Å²) in [6.45, 7) is 4.75. The molecule has 2 aliphatic rings. The SMILES string of the molecule is O=C(CCC1CCCCC1)Nc1ccc(-c2ccc3ncc(N4CCN(Cc5cccnc5)CC4)nc3c2)cc1. The summed E-state index contributed by atoms with van der Waals surface area (Å²) >= 11 is 0. The molecule has 1 aliphatic carbocycles. The number of fused-ring (bicyclic) bond motifs is 1. The lowest BCUT2D eigenvalue weighted by atomic mass is 9.86. The van der Waals surface area contributed by atoms with Crippen molar-refractivity contribution in [2.45, 2.75) is 51.5 Å². The third-order valence-electron chi connectivity index (χ3n) is 8.36. The Kier molecular flexibility index (Phi) is 8.28. The second kappa shape index (κ2) is 12.6. The van der Waals surface area contributed by atoms with Crippen LogP contribution >= 0.6 is 0 Å². The molecule has 6 rings (SSSR count). The number of benzene rings is 2. The van der Waals surface area contributed by atoms with Gasteiger partial charge in [-0.3, -0.25) is 19.7 Å². The molecule has 2 fully saturated rings. The Balaban J connectivity index is 1.06. The van der Waals surface area contributed by atoms with Gasteiger partial charge in [-0.2, -0.15) is 0 Å². The largest absolute Gasteiger partial charge is 0.353 e. The lowest BCUT2D eigenvalue weighted by molar-refractivity contribution is -0.116. The minimum Gasteiger partial charge on any atom is -0.353 e. The van der Waals surface area contributed by atoms with E-state index in [9.17, 15) is 4.79 Å². The van der Waals surface area contributed by atoms with E-state index in [0.717, 1.165) is 78.7 Å². The van der Waals surface area contributed by atoms with Crippen LogP contribution in [0, 0.1) is 5.92 Å². The quantitative estimate of drug-likeness (QED) is 0.285. The summed E-state index contributed by atoms with van der Waals surface area (Å²) in [7, 11) is 0. The normalized spacial score (nSPS) is 16.8. The molecular weight excluding hydrogens is 496 g/mol. The van der Waals surface area contributed by atoms with Gasteiger partial charge in [-0.05, 0) is 59.4 Å². The van der Waals surface area contributed by atoms with E-state index in [1.54, 1.807) is 0 Å². The van der Waals surface area contributed by atoms with Crippen molar-refractivity contribution < 1.29 is 4.79 Å². The Morgan fingerprint density at radius 3 is 2.45 bits per heavy atom. The van der Waals surface area contributed by atoms with Gasteiger partial charge in [-0.15, -0.1) is 0 Å². The van der Waals surface area contributed by atoms with E-state index in [4.69, 9.17) is 9.97 Å². The highest BCUT2D eigenvalue weighted by Crippen LogP contribution is 2.28. The van der Waals surface area contributed by atoms with Crippen molar-refractivity contribution in [2.75, 3.05) is 36.4 Å². The number of hydrogen-bond acceptors (Lipinski definition) is 6. The van der Waals surface area contributed by atoms with E-state index in [1.165, 1.54) is 37.7 Å². The van der Waals surface area contributed by atoms with E-state index in [1.807, 2.05) is 42.9 Å². The molecule has 0 spiro atoms. The number of hydrogen-bond donors (Lipinski definition) is 1. The standard InChI is InChI=1S/C33H38N6O/c40-33(15-8-25-5-2-1-3-6-25)36-29-12-9-27(10-13-29)28-11-14-30-31(21-28)37-32(23-35-30)39-19-17-38(18-20-39)24-26-7-4-16-34-22-26/h4,7,9-14,16,21-23,25H,1-3,5-6,8,15,17-20,24H2,(H,36,40). The molecule has 4 aromatic rings. The zero-order valence-corrected chi connectivity index (χ0v) is 23.1. The maximum absolute atomic E-state index is 12.5. The average molecular weight is 535 g/mol. The molecule has 0 unspecified atom stereocenters. The molecule has 2 aromatic carbocycles. The molecule has 1 saturated carbocycles. The van der Waals surface area contributed by atoms with Crippen LogP contribution in [-0.4, -0.2) is 51.9 Å². The number of nitrogens with one attached hydrogen (secondary N) is 1. The van der Waals surface area contributed by atoms with Crippen LogP contribution in [0.1, 0.15) is 50.5 Å². The minimum absolute atomic E-state index is 0.115. The lowest BCUT2D eigenvalue weighted by Gasteiger charge is -2.35. The van der Waals surface area contributed by atoms with Crippen molar-refractivity contribution in [3.63, 3.8) is 0 Å². The zero-order valence-electron chi connectivity index (χ0n) is 23.1. The van der Waals surface area contributed by atoms with E-state index < -0.39 is 0 Å². The van der Waals surface area contributed by atoms with Crippen LogP contribution in [0.15, 0.2) is 73.2 Å². The first kappa shape index (κ1) is 26.4. The Hall–Kier alpha value is -3.84. The Morgan fingerprint density at radius 2 is 1.68 bits per heavy atom. The van der Waals surface area contributed by atoms with Crippen LogP contribution in [0.4, 0.5) is 11.5 Å². The highest BCUT2D eigenvalue weighted by atomic mass is 16.1. The molecule has 2 aromatic heterocycles. The van der Waals surface area contributed by atoms with Crippen molar-refractivity contribution in [1.29, 1.82) is 0 Å². The molecular formula is C33H38N6O. The Morgan fingerprint density at radius 1 is 0.875 bits per heavy atom. The van der Waals surface area contributed by atoms with E-state index in [0.29, 0.717) is 6.42 Å². The fourth-order valence-corrected chi connectivity index (χ4v) is 6.00. The van der Waals surface area contributed by atoms with Gasteiger partial charge >= 0.3 is 0 Å². The van der Waals surface area contributed by atoms with Crippen LogP contribution < -0.4 is 10.2 Å². The molecule has 0 bridgehead atoms. The van der Waals surface area contributed by atoms with Crippen molar-refractivity contribution in [3.05, 3.63) is 78.8 Å². The molecule has 0 atom stereocenters. The molecule has 7 heteroatoms. The van der Waals surface area contributed by atoms with Crippen LogP contribution in [0.5, 0.6) is 0 Å². The summed E-state index contributed by atoms with van der Waals surface area (Å²) in [6, 6.07) is 18.5. The second-order valence-electron chi connectivity index (χ2n) is 11.2. The zero-order chi connectivity index (χ0) is 27.1. The van der Waals surface area contributed by atoms with Crippen LogP contribution in [0.25, 0.3) is 22.2 Å². The number of carbonyl (C=O) groups is 1. The first-order chi connectivity index (χ1) is 19.7. The van der Waals surface area contributed by atoms with Crippen molar-refractivity contribution in [3.8, 4) is 11.1 Å². The van der Waals surface area contributed by atoms with Gasteiger partial charge in [0.15, 0.2) is 0 Å². The summed E-state index contributed by atoms with van der Waals surface area (Å²) in [4.78, 5) is 31.2. The summed E-state index contributed by atoms with van der Waals surface area (Å²) < 4.78 is 0. The van der Waals surface area contributed by atoms with Crippen molar-refractivity contribution in [2.24, 2.45) is 5.92 Å². The summed E-state index contributed by atoms with van der Waals surface area (Å²) in [6.07, 6.45) is 13.8. The molecule has 1 saturated heterocycles. The van der Waals surface area contributed by atoms with Gasteiger partial charge < -0.3 is 10.2 Å². The third-order valence-corrected chi connectivity index (χ3v) is 8.36. The number of nitrogens with zero attached hydrogens (tertiary/aromatic N) is 5. The topological polar surface area (TPSA) is 74.2 Å². The van der Waals surface area contributed by atoms with Crippen molar-refractivity contribution in [1.82, 2.24) is 19.9 Å². The number of carbonyl (C=O) groups excluding carboxylic acids is 1.